The van der Waals surface area contributed by atoms with Crippen molar-refractivity contribution in [2.24, 2.45) is 0 Å². The van der Waals surface area contributed by atoms with Crippen molar-refractivity contribution in [1.29, 1.82) is 0 Å². The molecule has 0 atom stereocenters. The summed E-state index contributed by atoms with van der Waals surface area (Å²) in [7, 11) is 3.25. The third-order valence-electron chi connectivity index (χ3n) is 2.14. The summed E-state index contributed by atoms with van der Waals surface area (Å²) in [5.41, 5.74) is 0.444. The van der Waals surface area contributed by atoms with Crippen molar-refractivity contribution in [1.82, 2.24) is 4.90 Å². The van der Waals surface area contributed by atoms with E-state index >= 15 is 0 Å². The van der Waals surface area contributed by atoms with Gasteiger partial charge in [0.25, 0.3) is 5.91 Å². The molecule has 1 aromatic rings. The number of nitrogens with zero attached hydrogens (tertiary/aromatic N) is 1. The van der Waals surface area contributed by atoms with Crippen molar-refractivity contribution in [2.75, 3.05) is 27.3 Å². The van der Waals surface area contributed by atoms with E-state index in [1.165, 1.54) is 23.1 Å². The Hall–Kier alpha value is -0.940. The Balaban J connectivity index is 2.79. The van der Waals surface area contributed by atoms with Crippen LogP contribution in [0.15, 0.2) is 22.7 Å². The molecule has 1 amide bonds. The minimum absolute atomic E-state index is 0.163. The highest BCUT2D eigenvalue weighted by Crippen LogP contribution is 2.19. The van der Waals surface area contributed by atoms with Crippen LogP contribution >= 0.6 is 15.9 Å². The summed E-state index contributed by atoms with van der Waals surface area (Å²) in [6.45, 7) is 0.972. The number of methoxy groups -OCH3 is 1. The lowest BCUT2D eigenvalue weighted by atomic mass is 10.2. The fraction of sp³-hybridized carbons (Fsp3) is 0.364. The van der Waals surface area contributed by atoms with Crippen molar-refractivity contribution in [2.45, 2.75) is 0 Å². The maximum atomic E-state index is 12.8. The molecule has 0 fully saturated rings. The zero-order valence-electron chi connectivity index (χ0n) is 9.17. The monoisotopic (exact) mass is 289 g/mol. The molecule has 1 aromatic carbocycles. The van der Waals surface area contributed by atoms with E-state index in [2.05, 4.69) is 15.9 Å². The molecule has 0 radical (unpaired) electrons. The van der Waals surface area contributed by atoms with Gasteiger partial charge in [-0.15, -0.1) is 0 Å². The fourth-order valence-corrected chi connectivity index (χ4v) is 1.72. The fourth-order valence-electron chi connectivity index (χ4n) is 1.20. The molecule has 0 N–H and O–H groups in total. The summed E-state index contributed by atoms with van der Waals surface area (Å²) < 4.78 is 18.2. The molecular weight excluding hydrogens is 277 g/mol. The highest BCUT2D eigenvalue weighted by molar-refractivity contribution is 9.10. The molecule has 0 heterocycles. The second-order valence-corrected chi connectivity index (χ2v) is 4.20. The number of carbonyl (C=O) groups is 1. The number of hydrogen-bond donors (Lipinski definition) is 0. The van der Waals surface area contributed by atoms with Crippen LogP contribution in [0.2, 0.25) is 0 Å². The predicted molar refractivity (Wildman–Crippen MR) is 62.9 cm³/mol. The molecule has 88 valence electrons. The molecule has 5 heteroatoms. The summed E-state index contributed by atoms with van der Waals surface area (Å²) in [5, 5.41) is 0. The molecule has 0 unspecified atom stereocenters. The zero-order valence-corrected chi connectivity index (χ0v) is 10.8. The van der Waals surface area contributed by atoms with E-state index in [0.717, 1.165) is 0 Å². The number of likely N-dealkylation sites (N-methyl/N-ethyl adjacent to an activating group) is 1. The smallest absolute Gasteiger partial charge is 0.254 e. The van der Waals surface area contributed by atoms with Gasteiger partial charge < -0.3 is 9.64 Å². The van der Waals surface area contributed by atoms with E-state index in [1.54, 1.807) is 14.2 Å². The number of ether oxygens (including phenoxy) is 1. The second kappa shape index (κ2) is 5.96. The maximum Gasteiger partial charge on any atom is 0.254 e. The van der Waals surface area contributed by atoms with Crippen LogP contribution < -0.4 is 0 Å². The second-order valence-electron chi connectivity index (χ2n) is 3.34. The average Bonchev–Trinajstić information content (AvgIpc) is 2.25. The lowest BCUT2D eigenvalue weighted by Crippen LogP contribution is -2.30. The van der Waals surface area contributed by atoms with Gasteiger partial charge in [-0.2, -0.15) is 0 Å². The van der Waals surface area contributed by atoms with Crippen molar-refractivity contribution in [3.05, 3.63) is 34.1 Å². The van der Waals surface area contributed by atoms with Crippen molar-refractivity contribution < 1.29 is 13.9 Å². The third kappa shape index (κ3) is 3.28. The molecule has 1 rings (SSSR count). The largest absolute Gasteiger partial charge is 0.383 e. The molecule has 3 nitrogen and oxygen atoms in total. The van der Waals surface area contributed by atoms with E-state index in [9.17, 15) is 9.18 Å². The summed E-state index contributed by atoms with van der Waals surface area (Å²) in [4.78, 5) is 13.4. The summed E-state index contributed by atoms with van der Waals surface area (Å²) >= 11 is 3.17. The van der Waals surface area contributed by atoms with Crippen LogP contribution in [-0.2, 0) is 4.74 Å². The molecule has 0 bridgehead atoms. The molecule has 0 saturated heterocycles. The molecule has 0 aromatic heterocycles. The van der Waals surface area contributed by atoms with Gasteiger partial charge in [-0.25, -0.2) is 4.39 Å². The van der Waals surface area contributed by atoms with Gasteiger partial charge in [0.05, 0.1) is 12.2 Å². The topological polar surface area (TPSA) is 29.5 Å². The van der Waals surface area contributed by atoms with Gasteiger partial charge in [0.1, 0.15) is 5.82 Å². The third-order valence-corrected chi connectivity index (χ3v) is 2.80. The summed E-state index contributed by atoms with van der Waals surface area (Å²) in [5.74, 6) is -0.535. The van der Waals surface area contributed by atoms with Crippen LogP contribution in [0.25, 0.3) is 0 Å². The number of amides is 1. The number of carbonyl (C=O) groups excluding carboxylic acids is 1. The van der Waals surface area contributed by atoms with Crippen LogP contribution in [0.5, 0.6) is 0 Å². The Morgan fingerprint density at radius 3 is 2.81 bits per heavy atom. The predicted octanol–water partition coefficient (Wildman–Crippen LogP) is 2.31. The molecule has 0 aliphatic heterocycles. The first-order valence-electron chi connectivity index (χ1n) is 4.75. The van der Waals surface area contributed by atoms with E-state index in [1.807, 2.05) is 0 Å². The lowest BCUT2D eigenvalue weighted by molar-refractivity contribution is 0.0743. The van der Waals surface area contributed by atoms with Crippen LogP contribution in [0.3, 0.4) is 0 Å². The average molecular weight is 290 g/mol. The highest BCUT2D eigenvalue weighted by Gasteiger charge is 2.14. The van der Waals surface area contributed by atoms with Gasteiger partial charge in [-0.1, -0.05) is 0 Å². The van der Waals surface area contributed by atoms with Gasteiger partial charge >= 0.3 is 0 Å². The van der Waals surface area contributed by atoms with Gasteiger partial charge in [0.15, 0.2) is 0 Å². The molecule has 16 heavy (non-hydrogen) atoms. The standard InChI is InChI=1S/C11H13BrFNO2/c1-14(5-6-16-2)11(15)9-4-3-8(13)7-10(9)12/h3-4,7H,5-6H2,1-2H3. The van der Waals surface area contributed by atoms with E-state index in [4.69, 9.17) is 4.74 Å². The maximum absolute atomic E-state index is 12.8. The van der Waals surface area contributed by atoms with Gasteiger partial charge in [0, 0.05) is 25.2 Å². The van der Waals surface area contributed by atoms with Crippen LogP contribution in [-0.4, -0.2) is 38.1 Å². The Bertz CT molecular complexity index is 384. The Kier molecular flexibility index (Phi) is 4.89. The van der Waals surface area contributed by atoms with Crippen molar-refractivity contribution in [3.63, 3.8) is 0 Å². The molecule has 0 spiro atoms. The Morgan fingerprint density at radius 2 is 2.25 bits per heavy atom. The quantitative estimate of drug-likeness (QED) is 0.851. The number of hydrogen-bond acceptors (Lipinski definition) is 2. The lowest BCUT2D eigenvalue weighted by Gasteiger charge is -2.17. The van der Waals surface area contributed by atoms with Crippen molar-refractivity contribution in [3.8, 4) is 0 Å². The van der Waals surface area contributed by atoms with E-state index < -0.39 is 0 Å². The van der Waals surface area contributed by atoms with Crippen LogP contribution in [0.1, 0.15) is 10.4 Å². The van der Waals surface area contributed by atoms with Crippen LogP contribution in [0.4, 0.5) is 4.39 Å². The first kappa shape index (κ1) is 13.1. The summed E-state index contributed by atoms with van der Waals surface area (Å²) in [6, 6.07) is 4.00. The van der Waals surface area contributed by atoms with E-state index in [0.29, 0.717) is 23.2 Å². The number of benzene rings is 1. The number of halogens is 2. The van der Waals surface area contributed by atoms with Crippen molar-refractivity contribution >= 4 is 21.8 Å². The van der Waals surface area contributed by atoms with Gasteiger partial charge in [0.2, 0.25) is 0 Å². The van der Waals surface area contributed by atoms with Gasteiger partial charge in [-0.3, -0.25) is 4.79 Å². The highest BCUT2D eigenvalue weighted by atomic mass is 79.9. The Morgan fingerprint density at radius 1 is 1.56 bits per heavy atom. The molecular formula is C11H13BrFNO2. The minimum Gasteiger partial charge on any atom is -0.383 e. The molecule has 0 aliphatic carbocycles. The minimum atomic E-state index is -0.372. The zero-order chi connectivity index (χ0) is 12.1. The van der Waals surface area contributed by atoms with Crippen LogP contribution in [0, 0.1) is 5.82 Å². The molecule has 0 saturated carbocycles. The first-order valence-corrected chi connectivity index (χ1v) is 5.55. The molecule has 0 aliphatic rings. The first-order chi connectivity index (χ1) is 7.56. The van der Waals surface area contributed by atoms with E-state index in [-0.39, 0.29) is 11.7 Å². The number of rotatable bonds is 4. The normalized spacial score (nSPS) is 10.2. The Labute approximate surface area is 102 Å². The summed E-state index contributed by atoms with van der Waals surface area (Å²) in [6.07, 6.45) is 0. The SMILES string of the molecule is COCCN(C)C(=O)c1ccc(F)cc1Br. The van der Waals surface area contributed by atoms with Gasteiger partial charge in [-0.05, 0) is 34.1 Å².